The summed E-state index contributed by atoms with van der Waals surface area (Å²) in [6.07, 6.45) is 10.6. The van der Waals surface area contributed by atoms with Gasteiger partial charge < -0.3 is 10.0 Å². The molecule has 0 radical (unpaired) electrons. The summed E-state index contributed by atoms with van der Waals surface area (Å²) in [4.78, 5) is 25.6. The van der Waals surface area contributed by atoms with E-state index in [0.29, 0.717) is 30.5 Å². The Bertz CT molecular complexity index is 619. The molecule has 1 unspecified atom stereocenters. The number of hydrogen-bond acceptors (Lipinski definition) is 3. The van der Waals surface area contributed by atoms with Crippen LogP contribution in [0.25, 0.3) is 0 Å². The molecule has 1 aromatic heterocycles. The van der Waals surface area contributed by atoms with E-state index in [4.69, 9.17) is 5.11 Å². The van der Waals surface area contributed by atoms with E-state index >= 15 is 0 Å². The van der Waals surface area contributed by atoms with Gasteiger partial charge in [0.1, 0.15) is 0 Å². The minimum atomic E-state index is -0.756. The van der Waals surface area contributed by atoms with Crippen LogP contribution in [0, 0.1) is 12.8 Å². The highest BCUT2D eigenvalue weighted by molar-refractivity contribution is 5.95. The highest BCUT2D eigenvalue weighted by Gasteiger charge is 2.28. The Morgan fingerprint density at radius 2 is 1.96 bits per heavy atom. The van der Waals surface area contributed by atoms with Gasteiger partial charge in [-0.25, -0.2) is 0 Å². The first-order valence-electron chi connectivity index (χ1n) is 9.61. The number of hydrogen-bond donors (Lipinski definition) is 1. The maximum absolute atomic E-state index is 13.0. The number of carboxylic acids is 1. The summed E-state index contributed by atoms with van der Waals surface area (Å²) in [5.41, 5.74) is 1.69. The SMILES string of the molecule is Cc1c(C(=O)N2CCCC(CCC(=O)O)C2)cnn1C1CCCCC1. The zero-order valence-corrected chi connectivity index (χ0v) is 15.1. The first-order valence-corrected chi connectivity index (χ1v) is 9.61. The van der Waals surface area contributed by atoms with Crippen molar-refractivity contribution in [2.24, 2.45) is 5.92 Å². The molecule has 1 N–H and O–H groups in total. The second-order valence-electron chi connectivity index (χ2n) is 7.57. The highest BCUT2D eigenvalue weighted by atomic mass is 16.4. The number of carboxylic acid groups (broad SMARTS) is 1. The first kappa shape index (κ1) is 18.0. The lowest BCUT2D eigenvalue weighted by molar-refractivity contribution is -0.137. The number of likely N-dealkylation sites (tertiary alicyclic amines) is 1. The second-order valence-corrected chi connectivity index (χ2v) is 7.57. The second kappa shape index (κ2) is 8.02. The van der Waals surface area contributed by atoms with Gasteiger partial charge >= 0.3 is 5.97 Å². The van der Waals surface area contributed by atoms with E-state index < -0.39 is 5.97 Å². The van der Waals surface area contributed by atoms with Crippen LogP contribution >= 0.6 is 0 Å². The summed E-state index contributed by atoms with van der Waals surface area (Å²) >= 11 is 0. The van der Waals surface area contributed by atoms with Crippen molar-refractivity contribution in [1.82, 2.24) is 14.7 Å². The molecule has 0 spiro atoms. The van der Waals surface area contributed by atoms with Crippen molar-refractivity contribution >= 4 is 11.9 Å². The molecule has 1 aliphatic heterocycles. The van der Waals surface area contributed by atoms with Gasteiger partial charge in [-0.15, -0.1) is 0 Å². The third-order valence-electron chi connectivity index (χ3n) is 5.77. The molecule has 3 rings (SSSR count). The Morgan fingerprint density at radius 1 is 1.20 bits per heavy atom. The van der Waals surface area contributed by atoms with Gasteiger partial charge in [-0.2, -0.15) is 5.10 Å². The van der Waals surface area contributed by atoms with Gasteiger partial charge in [0, 0.05) is 25.2 Å². The largest absolute Gasteiger partial charge is 0.481 e. The minimum absolute atomic E-state index is 0.0552. The van der Waals surface area contributed by atoms with Gasteiger partial charge in [-0.1, -0.05) is 19.3 Å². The van der Waals surface area contributed by atoms with Crippen LogP contribution in [0.5, 0.6) is 0 Å². The quantitative estimate of drug-likeness (QED) is 0.885. The van der Waals surface area contributed by atoms with Crippen LogP contribution in [0.4, 0.5) is 0 Å². The average Bonchev–Trinajstić information content (AvgIpc) is 3.02. The summed E-state index contributed by atoms with van der Waals surface area (Å²) in [6.45, 7) is 3.43. The van der Waals surface area contributed by atoms with Crippen LogP contribution in [0.3, 0.4) is 0 Å². The summed E-state index contributed by atoms with van der Waals surface area (Å²) in [6, 6.07) is 0.431. The number of carbonyl (C=O) groups excluding carboxylic acids is 1. The Morgan fingerprint density at radius 3 is 2.68 bits per heavy atom. The monoisotopic (exact) mass is 347 g/mol. The molecule has 6 heteroatoms. The zero-order chi connectivity index (χ0) is 17.8. The van der Waals surface area contributed by atoms with Gasteiger partial charge in [-0.3, -0.25) is 14.3 Å². The maximum Gasteiger partial charge on any atom is 0.303 e. The van der Waals surface area contributed by atoms with Gasteiger partial charge in [0.2, 0.25) is 0 Å². The fourth-order valence-corrected chi connectivity index (χ4v) is 4.31. The van der Waals surface area contributed by atoms with Crippen molar-refractivity contribution < 1.29 is 14.7 Å². The third kappa shape index (κ3) is 4.22. The van der Waals surface area contributed by atoms with E-state index in [9.17, 15) is 9.59 Å². The van der Waals surface area contributed by atoms with Crippen LogP contribution in [0.15, 0.2) is 6.20 Å². The molecule has 1 saturated carbocycles. The van der Waals surface area contributed by atoms with E-state index in [1.165, 1.54) is 19.3 Å². The Kier molecular flexibility index (Phi) is 5.76. The minimum Gasteiger partial charge on any atom is -0.481 e. The number of aromatic nitrogens is 2. The zero-order valence-electron chi connectivity index (χ0n) is 15.1. The van der Waals surface area contributed by atoms with Gasteiger partial charge in [0.15, 0.2) is 0 Å². The van der Waals surface area contributed by atoms with Crippen molar-refractivity contribution in [3.05, 3.63) is 17.5 Å². The fourth-order valence-electron chi connectivity index (χ4n) is 4.31. The maximum atomic E-state index is 13.0. The number of carbonyl (C=O) groups is 2. The van der Waals surface area contributed by atoms with E-state index in [1.807, 2.05) is 11.8 Å². The predicted octanol–water partition coefficient (Wildman–Crippen LogP) is 3.41. The Labute approximate surface area is 149 Å². The predicted molar refractivity (Wildman–Crippen MR) is 94.6 cm³/mol. The molecule has 1 aliphatic carbocycles. The van der Waals surface area contributed by atoms with E-state index in [0.717, 1.165) is 37.9 Å². The summed E-state index contributed by atoms with van der Waals surface area (Å²) in [5, 5.41) is 13.4. The number of piperidine rings is 1. The van der Waals surface area contributed by atoms with Gasteiger partial charge in [0.05, 0.1) is 17.8 Å². The standard InChI is InChI=1S/C19H29N3O3/c1-14-17(12-20-22(14)16-7-3-2-4-8-16)19(25)21-11-5-6-15(13-21)9-10-18(23)24/h12,15-16H,2-11,13H2,1H3,(H,23,24). The summed E-state index contributed by atoms with van der Waals surface area (Å²) in [7, 11) is 0. The van der Waals surface area contributed by atoms with Crippen molar-refractivity contribution in [3.8, 4) is 0 Å². The molecule has 0 bridgehead atoms. The Hall–Kier alpha value is -1.85. The molecular formula is C19H29N3O3. The lowest BCUT2D eigenvalue weighted by Gasteiger charge is -2.32. The smallest absolute Gasteiger partial charge is 0.303 e. The van der Waals surface area contributed by atoms with Gasteiger partial charge in [0.25, 0.3) is 5.91 Å². The van der Waals surface area contributed by atoms with Crippen molar-refractivity contribution in [1.29, 1.82) is 0 Å². The van der Waals surface area contributed by atoms with Crippen molar-refractivity contribution in [3.63, 3.8) is 0 Å². The molecular weight excluding hydrogens is 318 g/mol. The topological polar surface area (TPSA) is 75.4 Å². The molecule has 2 aliphatic rings. The number of aliphatic carboxylic acids is 1. The van der Waals surface area contributed by atoms with E-state index in [2.05, 4.69) is 9.78 Å². The molecule has 2 fully saturated rings. The molecule has 1 atom stereocenters. The molecule has 2 heterocycles. The van der Waals surface area contributed by atoms with Crippen molar-refractivity contribution in [2.45, 2.75) is 70.8 Å². The van der Waals surface area contributed by atoms with Crippen LogP contribution in [-0.2, 0) is 4.79 Å². The van der Waals surface area contributed by atoms with Crippen LogP contribution in [0.2, 0.25) is 0 Å². The normalized spacial score (nSPS) is 22.1. The molecule has 138 valence electrons. The average molecular weight is 347 g/mol. The molecule has 6 nitrogen and oxygen atoms in total. The number of nitrogens with zero attached hydrogens (tertiary/aromatic N) is 3. The van der Waals surface area contributed by atoms with Crippen LogP contribution in [-0.4, -0.2) is 44.8 Å². The van der Waals surface area contributed by atoms with Crippen LogP contribution < -0.4 is 0 Å². The van der Waals surface area contributed by atoms with Gasteiger partial charge in [-0.05, 0) is 44.9 Å². The van der Waals surface area contributed by atoms with Crippen LogP contribution in [0.1, 0.15) is 79.9 Å². The van der Waals surface area contributed by atoms with E-state index in [1.54, 1.807) is 6.20 Å². The summed E-state index contributed by atoms with van der Waals surface area (Å²) in [5.74, 6) is -0.407. The first-order chi connectivity index (χ1) is 12.1. The fraction of sp³-hybridized carbons (Fsp3) is 0.737. The Balaban J connectivity index is 1.66. The summed E-state index contributed by atoms with van der Waals surface area (Å²) < 4.78 is 2.05. The lowest BCUT2D eigenvalue weighted by Crippen LogP contribution is -2.40. The molecule has 1 aromatic rings. The highest BCUT2D eigenvalue weighted by Crippen LogP contribution is 2.30. The lowest BCUT2D eigenvalue weighted by atomic mass is 9.93. The number of amides is 1. The van der Waals surface area contributed by atoms with E-state index in [-0.39, 0.29) is 12.3 Å². The third-order valence-corrected chi connectivity index (χ3v) is 5.77. The number of rotatable bonds is 5. The molecule has 25 heavy (non-hydrogen) atoms. The molecule has 0 aromatic carbocycles. The molecule has 1 saturated heterocycles. The van der Waals surface area contributed by atoms with Crippen molar-refractivity contribution in [2.75, 3.05) is 13.1 Å². The molecule has 1 amide bonds.